The third-order valence-electron chi connectivity index (χ3n) is 3.68. The number of aliphatic carboxylic acids is 1. The Balaban J connectivity index is 2.38. The van der Waals surface area contributed by atoms with Crippen molar-refractivity contribution in [2.24, 2.45) is 5.92 Å². The third-order valence-corrected chi connectivity index (χ3v) is 5.38. The van der Waals surface area contributed by atoms with Crippen LogP contribution in [0.4, 0.5) is 0 Å². The molecule has 124 valence electrons. The molecule has 21 heavy (non-hydrogen) atoms. The van der Waals surface area contributed by atoms with Gasteiger partial charge in [0.05, 0.1) is 12.3 Å². The average molecular weight is 322 g/mol. The molecule has 0 spiro atoms. The highest BCUT2D eigenvalue weighted by Gasteiger charge is 2.36. The Morgan fingerprint density at radius 3 is 2.57 bits per heavy atom. The first-order chi connectivity index (χ1) is 9.77. The van der Waals surface area contributed by atoms with E-state index in [1.807, 2.05) is 18.7 Å². The van der Waals surface area contributed by atoms with Crippen LogP contribution in [0.1, 0.15) is 26.7 Å². The second-order valence-corrected chi connectivity index (χ2v) is 7.54. The first-order valence-corrected chi connectivity index (χ1v) is 8.87. The Hall–Kier alpha value is -0.700. The summed E-state index contributed by atoms with van der Waals surface area (Å²) >= 11 is 0. The first kappa shape index (κ1) is 18.3. The minimum absolute atomic E-state index is 0.00547. The van der Waals surface area contributed by atoms with E-state index in [-0.39, 0.29) is 30.3 Å². The van der Waals surface area contributed by atoms with Gasteiger partial charge in [0, 0.05) is 25.8 Å². The number of carbonyl (C=O) groups is 1. The minimum atomic E-state index is -3.31. The lowest BCUT2D eigenvalue weighted by atomic mass is 9.86. The summed E-state index contributed by atoms with van der Waals surface area (Å²) in [6.45, 7) is 4.81. The van der Waals surface area contributed by atoms with E-state index in [1.165, 1.54) is 0 Å². The molecule has 1 fully saturated rings. The fourth-order valence-electron chi connectivity index (χ4n) is 2.66. The summed E-state index contributed by atoms with van der Waals surface area (Å²) in [6.07, 6.45) is 1.33. The van der Waals surface area contributed by atoms with Gasteiger partial charge in [-0.2, -0.15) is 0 Å². The monoisotopic (exact) mass is 322 g/mol. The van der Waals surface area contributed by atoms with Crippen molar-refractivity contribution < 1.29 is 23.1 Å². The molecule has 0 bridgehead atoms. The van der Waals surface area contributed by atoms with Crippen LogP contribution in [0.15, 0.2) is 0 Å². The number of nitrogens with zero attached hydrogens (tertiary/aromatic N) is 1. The zero-order valence-electron chi connectivity index (χ0n) is 12.9. The standard InChI is InChI=1S/C13H26N2O5S/c1-4-15(7-13(16)17)12-5-11(6-12)14-21(18,19)9-10(2)8-20-3/h10-12,14H,4-9H2,1-3H3,(H,16,17). The number of methoxy groups -OCH3 is 1. The lowest BCUT2D eigenvalue weighted by Gasteiger charge is -2.42. The number of ether oxygens (including phenoxy) is 1. The molecular weight excluding hydrogens is 296 g/mol. The summed E-state index contributed by atoms with van der Waals surface area (Å²) in [4.78, 5) is 12.6. The second-order valence-electron chi connectivity index (χ2n) is 5.74. The number of likely N-dealkylation sites (N-methyl/N-ethyl adjacent to an activating group) is 1. The predicted molar refractivity (Wildman–Crippen MR) is 79.7 cm³/mol. The highest BCUT2D eigenvalue weighted by atomic mass is 32.2. The van der Waals surface area contributed by atoms with Crippen LogP contribution in [0.5, 0.6) is 0 Å². The van der Waals surface area contributed by atoms with Gasteiger partial charge in [0.1, 0.15) is 0 Å². The fourth-order valence-corrected chi connectivity index (χ4v) is 4.31. The van der Waals surface area contributed by atoms with Gasteiger partial charge in [-0.1, -0.05) is 13.8 Å². The van der Waals surface area contributed by atoms with E-state index in [4.69, 9.17) is 9.84 Å². The summed E-state index contributed by atoms with van der Waals surface area (Å²) in [5.41, 5.74) is 0. The smallest absolute Gasteiger partial charge is 0.317 e. The maximum absolute atomic E-state index is 12.0. The van der Waals surface area contributed by atoms with Crippen LogP contribution in [-0.2, 0) is 19.6 Å². The third kappa shape index (κ3) is 6.29. The van der Waals surface area contributed by atoms with Gasteiger partial charge in [0.15, 0.2) is 0 Å². The Bertz CT molecular complexity index is 434. The van der Waals surface area contributed by atoms with E-state index in [0.717, 1.165) is 0 Å². The summed E-state index contributed by atoms with van der Waals surface area (Å²) in [6, 6.07) is 0.0628. The molecule has 7 nitrogen and oxygen atoms in total. The number of carboxylic acid groups (broad SMARTS) is 1. The predicted octanol–water partition coefficient (Wildman–Crippen LogP) is 0.126. The number of nitrogens with one attached hydrogen (secondary N) is 1. The SMILES string of the molecule is CCN(CC(=O)O)C1CC(NS(=O)(=O)CC(C)COC)C1. The summed E-state index contributed by atoms with van der Waals surface area (Å²) in [5, 5.41) is 8.82. The number of carboxylic acids is 1. The quantitative estimate of drug-likeness (QED) is 0.593. The van der Waals surface area contributed by atoms with Gasteiger partial charge in [-0.05, 0) is 25.3 Å². The van der Waals surface area contributed by atoms with Crippen molar-refractivity contribution in [1.82, 2.24) is 9.62 Å². The maximum atomic E-state index is 12.0. The first-order valence-electron chi connectivity index (χ1n) is 7.22. The van der Waals surface area contributed by atoms with Gasteiger partial charge in [0.25, 0.3) is 0 Å². The van der Waals surface area contributed by atoms with Crippen molar-refractivity contribution in [3.05, 3.63) is 0 Å². The average Bonchev–Trinajstić information content (AvgIpc) is 2.30. The summed E-state index contributed by atoms with van der Waals surface area (Å²) in [5.74, 6) is -0.856. The number of hydrogen-bond donors (Lipinski definition) is 2. The summed E-state index contributed by atoms with van der Waals surface area (Å²) < 4.78 is 31.6. The molecule has 0 aromatic carbocycles. The van der Waals surface area contributed by atoms with Crippen LogP contribution in [-0.4, -0.2) is 69.0 Å². The molecule has 0 aliphatic heterocycles. The van der Waals surface area contributed by atoms with Gasteiger partial charge in [-0.3, -0.25) is 9.69 Å². The molecule has 1 aliphatic rings. The van der Waals surface area contributed by atoms with Crippen LogP contribution in [0.2, 0.25) is 0 Å². The molecule has 0 heterocycles. The lowest BCUT2D eigenvalue weighted by Crippen LogP contribution is -2.55. The van der Waals surface area contributed by atoms with Gasteiger partial charge >= 0.3 is 5.97 Å². The molecule has 1 atom stereocenters. The number of rotatable bonds is 10. The van der Waals surface area contributed by atoms with E-state index in [0.29, 0.717) is 26.0 Å². The molecule has 1 saturated carbocycles. The fraction of sp³-hybridized carbons (Fsp3) is 0.923. The molecule has 1 aliphatic carbocycles. The van der Waals surface area contributed by atoms with E-state index >= 15 is 0 Å². The Labute approximate surface area is 126 Å². The zero-order chi connectivity index (χ0) is 16.0. The van der Waals surface area contributed by atoms with Crippen LogP contribution < -0.4 is 4.72 Å². The maximum Gasteiger partial charge on any atom is 0.317 e. The number of sulfonamides is 1. The second kappa shape index (κ2) is 8.07. The zero-order valence-corrected chi connectivity index (χ0v) is 13.7. The lowest BCUT2D eigenvalue weighted by molar-refractivity contribution is -0.139. The summed E-state index contributed by atoms with van der Waals surface area (Å²) in [7, 11) is -1.76. The van der Waals surface area contributed by atoms with E-state index in [9.17, 15) is 13.2 Å². The highest BCUT2D eigenvalue weighted by Crippen LogP contribution is 2.26. The van der Waals surface area contributed by atoms with Gasteiger partial charge in [0.2, 0.25) is 10.0 Å². The Morgan fingerprint density at radius 2 is 2.10 bits per heavy atom. The van der Waals surface area contributed by atoms with Crippen molar-refractivity contribution in [2.75, 3.05) is 32.6 Å². The molecule has 0 aromatic heterocycles. The van der Waals surface area contributed by atoms with Crippen LogP contribution in [0.25, 0.3) is 0 Å². The molecule has 2 N–H and O–H groups in total. The number of hydrogen-bond acceptors (Lipinski definition) is 5. The topological polar surface area (TPSA) is 95.9 Å². The van der Waals surface area contributed by atoms with Gasteiger partial charge < -0.3 is 9.84 Å². The van der Waals surface area contributed by atoms with Crippen LogP contribution in [0, 0.1) is 5.92 Å². The molecule has 1 unspecified atom stereocenters. The van der Waals surface area contributed by atoms with Gasteiger partial charge in [-0.15, -0.1) is 0 Å². The Kier molecular flexibility index (Phi) is 7.05. The molecule has 0 saturated heterocycles. The van der Waals surface area contributed by atoms with Crippen molar-refractivity contribution in [1.29, 1.82) is 0 Å². The van der Waals surface area contributed by atoms with Crippen molar-refractivity contribution >= 4 is 16.0 Å². The molecule has 0 aromatic rings. The van der Waals surface area contributed by atoms with Crippen LogP contribution >= 0.6 is 0 Å². The molecule has 8 heteroatoms. The van der Waals surface area contributed by atoms with Gasteiger partial charge in [-0.25, -0.2) is 13.1 Å². The molecule has 0 amide bonds. The van der Waals surface area contributed by atoms with Crippen molar-refractivity contribution in [3.8, 4) is 0 Å². The van der Waals surface area contributed by atoms with E-state index in [1.54, 1.807) is 7.11 Å². The Morgan fingerprint density at radius 1 is 1.48 bits per heavy atom. The largest absolute Gasteiger partial charge is 0.480 e. The highest BCUT2D eigenvalue weighted by molar-refractivity contribution is 7.89. The molecule has 0 radical (unpaired) electrons. The van der Waals surface area contributed by atoms with Crippen molar-refractivity contribution in [2.45, 2.75) is 38.8 Å². The van der Waals surface area contributed by atoms with E-state index < -0.39 is 16.0 Å². The van der Waals surface area contributed by atoms with Crippen LogP contribution in [0.3, 0.4) is 0 Å². The molecule has 1 rings (SSSR count). The normalized spacial score (nSPS) is 23.8. The van der Waals surface area contributed by atoms with Crippen molar-refractivity contribution in [3.63, 3.8) is 0 Å². The van der Waals surface area contributed by atoms with E-state index in [2.05, 4.69) is 4.72 Å². The minimum Gasteiger partial charge on any atom is -0.480 e. The molecular formula is C13H26N2O5S.